The number of carbonyl (C=O) groups is 5. The number of piperidine rings is 1. The molecule has 51 heavy (non-hydrogen) atoms. The second kappa shape index (κ2) is 17.5. The number of nitrogens with one attached hydrogen (secondary N) is 3. The van der Waals surface area contributed by atoms with E-state index in [1.165, 1.54) is 17.3 Å². The van der Waals surface area contributed by atoms with E-state index in [2.05, 4.69) is 20.6 Å². The topological polar surface area (TPSA) is 200 Å². The Morgan fingerprint density at radius 2 is 1.53 bits per heavy atom. The zero-order chi connectivity index (χ0) is 36.2. The number of nitrogens with two attached hydrogens (primary N) is 1. The first-order valence-electron chi connectivity index (χ1n) is 16.7. The standard InChI is InChI=1S/C24H27N5O3.C13H13N3O3/c30-22(28-32)15-9-1-2-10-16-25-23(31)19-17-26-24(27-18-19)29(20-11-5-3-6-12-20)21-13-7-4-8-14-21;14-9-3-1-2-7-8(9)6-16(13(7)19)10-4-5-11(17)15-12(10)18/h3-8,11-14,17-18,32H,1-2,9-10,15-16H2,(H,25,31)(H,28,30);1-3,10H,4-6,14H2,(H,15,17,18). The Kier molecular flexibility index (Phi) is 12.4. The summed E-state index contributed by atoms with van der Waals surface area (Å²) in [6.45, 7) is 0.861. The number of nitrogens with zero attached hydrogens (tertiary/aromatic N) is 4. The zero-order valence-electron chi connectivity index (χ0n) is 28.0. The van der Waals surface area contributed by atoms with Crippen molar-refractivity contribution in [3.63, 3.8) is 0 Å². The fourth-order valence-corrected chi connectivity index (χ4v) is 5.82. The van der Waals surface area contributed by atoms with E-state index in [9.17, 15) is 24.0 Å². The van der Waals surface area contributed by atoms with Gasteiger partial charge in [0.05, 0.1) is 5.56 Å². The van der Waals surface area contributed by atoms with Crippen LogP contribution in [-0.2, 0) is 20.9 Å². The SMILES string of the molecule is Nc1cccc2c1CN(C1CCC(=O)NC1=O)C2=O.O=C(CCCCCCNC(=O)c1cnc(N(c2ccccc2)c2ccccc2)nc1)NO. The summed E-state index contributed by atoms with van der Waals surface area (Å²) >= 11 is 0. The van der Waals surface area contributed by atoms with E-state index < -0.39 is 11.9 Å². The van der Waals surface area contributed by atoms with Gasteiger partial charge in [0, 0.05) is 66.5 Å². The average Bonchev–Trinajstić information content (AvgIpc) is 3.49. The van der Waals surface area contributed by atoms with Gasteiger partial charge in [-0.05, 0) is 55.7 Å². The smallest absolute Gasteiger partial charge is 0.255 e. The van der Waals surface area contributed by atoms with E-state index in [1.807, 2.05) is 65.6 Å². The monoisotopic (exact) mass is 692 g/mol. The highest BCUT2D eigenvalue weighted by Crippen LogP contribution is 2.32. The van der Waals surface area contributed by atoms with Crippen LogP contribution in [0.3, 0.4) is 0 Å². The van der Waals surface area contributed by atoms with Crippen molar-refractivity contribution < 1.29 is 29.2 Å². The number of anilines is 4. The lowest BCUT2D eigenvalue weighted by molar-refractivity contribution is -0.137. The van der Waals surface area contributed by atoms with Crippen LogP contribution in [0.1, 0.15) is 71.2 Å². The maximum atomic E-state index is 12.4. The van der Waals surface area contributed by atoms with Crippen molar-refractivity contribution in [3.05, 3.63) is 108 Å². The molecular weight excluding hydrogens is 652 g/mol. The number of imide groups is 1. The summed E-state index contributed by atoms with van der Waals surface area (Å²) in [5, 5.41) is 13.6. The van der Waals surface area contributed by atoms with Gasteiger partial charge in [0.15, 0.2) is 0 Å². The van der Waals surface area contributed by atoms with Gasteiger partial charge < -0.3 is 16.0 Å². The lowest BCUT2D eigenvalue weighted by Crippen LogP contribution is -2.52. The van der Waals surface area contributed by atoms with Crippen molar-refractivity contribution in [3.8, 4) is 0 Å². The number of unbranched alkanes of at least 4 members (excludes halogenated alkanes) is 3. The molecule has 0 aliphatic carbocycles. The molecule has 3 aromatic carbocycles. The predicted octanol–water partition coefficient (Wildman–Crippen LogP) is 4.16. The third kappa shape index (κ3) is 9.30. The quantitative estimate of drug-likeness (QED) is 0.0472. The van der Waals surface area contributed by atoms with Crippen LogP contribution in [0.2, 0.25) is 0 Å². The largest absolute Gasteiger partial charge is 0.398 e. The minimum absolute atomic E-state index is 0.197. The van der Waals surface area contributed by atoms with E-state index in [4.69, 9.17) is 10.9 Å². The van der Waals surface area contributed by atoms with Crippen LogP contribution >= 0.6 is 0 Å². The highest BCUT2D eigenvalue weighted by Gasteiger charge is 2.39. The molecule has 1 fully saturated rings. The van der Waals surface area contributed by atoms with Crippen LogP contribution in [-0.4, -0.2) is 62.2 Å². The molecule has 1 atom stereocenters. The predicted molar refractivity (Wildman–Crippen MR) is 189 cm³/mol. The molecule has 6 N–H and O–H groups in total. The summed E-state index contributed by atoms with van der Waals surface area (Å²) in [4.78, 5) is 70.9. The van der Waals surface area contributed by atoms with Gasteiger partial charge in [-0.3, -0.25) is 39.4 Å². The lowest BCUT2D eigenvalue weighted by atomic mass is 10.0. The molecule has 0 bridgehead atoms. The summed E-state index contributed by atoms with van der Waals surface area (Å²) in [6, 6.07) is 24.2. The molecule has 0 radical (unpaired) electrons. The first-order chi connectivity index (χ1) is 24.8. The van der Waals surface area contributed by atoms with Crippen LogP contribution in [0.5, 0.6) is 0 Å². The van der Waals surface area contributed by atoms with Crippen molar-refractivity contribution in [2.24, 2.45) is 0 Å². The molecule has 2 aliphatic heterocycles. The van der Waals surface area contributed by atoms with Crippen LogP contribution in [0, 0.1) is 0 Å². The Hall–Kier alpha value is -6.15. The van der Waals surface area contributed by atoms with Gasteiger partial charge in [0.1, 0.15) is 6.04 Å². The molecular formula is C37H40N8O6. The first-order valence-corrected chi connectivity index (χ1v) is 16.7. The molecule has 6 rings (SSSR count). The van der Waals surface area contributed by atoms with Crippen molar-refractivity contribution in [1.82, 2.24) is 31.0 Å². The first kappa shape index (κ1) is 36.1. The third-order valence-electron chi connectivity index (χ3n) is 8.49. The number of hydrogen-bond donors (Lipinski definition) is 5. The van der Waals surface area contributed by atoms with Crippen LogP contribution < -0.4 is 26.7 Å². The van der Waals surface area contributed by atoms with Crippen LogP contribution in [0.4, 0.5) is 23.0 Å². The summed E-state index contributed by atoms with van der Waals surface area (Å²) in [5.41, 5.74) is 11.6. The van der Waals surface area contributed by atoms with E-state index in [0.717, 1.165) is 36.2 Å². The fourth-order valence-electron chi connectivity index (χ4n) is 5.82. The molecule has 1 aromatic heterocycles. The van der Waals surface area contributed by atoms with Crippen LogP contribution in [0.25, 0.3) is 0 Å². The molecule has 14 heteroatoms. The molecule has 0 saturated carbocycles. The summed E-state index contributed by atoms with van der Waals surface area (Å²) in [5.74, 6) is -1.01. The zero-order valence-corrected chi connectivity index (χ0v) is 28.0. The van der Waals surface area contributed by atoms with E-state index in [1.54, 1.807) is 23.7 Å². The Morgan fingerprint density at radius 1 is 0.882 bits per heavy atom. The molecule has 3 heterocycles. The number of nitrogen functional groups attached to an aromatic ring is 1. The number of benzene rings is 3. The Balaban J connectivity index is 0.000000224. The minimum Gasteiger partial charge on any atom is -0.398 e. The number of aromatic nitrogens is 2. The number of hydrogen-bond acceptors (Lipinski definition) is 10. The molecule has 1 saturated heterocycles. The van der Waals surface area contributed by atoms with Gasteiger partial charge in [-0.15, -0.1) is 0 Å². The number of amides is 5. The average molecular weight is 693 g/mol. The van der Waals surface area contributed by atoms with Gasteiger partial charge in [0.25, 0.3) is 11.8 Å². The van der Waals surface area contributed by atoms with Crippen molar-refractivity contribution in [2.45, 2.75) is 57.5 Å². The molecule has 14 nitrogen and oxygen atoms in total. The number of para-hydroxylation sites is 2. The Morgan fingerprint density at radius 3 is 2.14 bits per heavy atom. The number of carbonyl (C=O) groups excluding carboxylic acids is 5. The number of hydroxylamine groups is 1. The molecule has 264 valence electrons. The highest BCUT2D eigenvalue weighted by molar-refractivity contribution is 6.06. The minimum atomic E-state index is -0.586. The van der Waals surface area contributed by atoms with E-state index in [0.29, 0.717) is 55.1 Å². The van der Waals surface area contributed by atoms with Gasteiger partial charge in [-0.1, -0.05) is 55.3 Å². The number of rotatable bonds is 12. The van der Waals surface area contributed by atoms with Crippen molar-refractivity contribution in [2.75, 3.05) is 17.2 Å². The lowest BCUT2D eigenvalue weighted by Gasteiger charge is -2.29. The molecule has 0 spiro atoms. The van der Waals surface area contributed by atoms with Crippen molar-refractivity contribution >= 4 is 52.5 Å². The molecule has 2 aliphatic rings. The molecule has 5 amide bonds. The van der Waals surface area contributed by atoms with Gasteiger partial charge in [-0.25, -0.2) is 15.4 Å². The maximum absolute atomic E-state index is 12.4. The van der Waals surface area contributed by atoms with E-state index in [-0.39, 0.29) is 30.0 Å². The third-order valence-corrected chi connectivity index (χ3v) is 8.49. The highest BCUT2D eigenvalue weighted by atomic mass is 16.5. The Labute approximate surface area is 295 Å². The van der Waals surface area contributed by atoms with Crippen LogP contribution in [0.15, 0.2) is 91.3 Å². The second-order valence-corrected chi connectivity index (χ2v) is 12.0. The van der Waals surface area contributed by atoms with Gasteiger partial charge >= 0.3 is 0 Å². The normalized spacial score (nSPS) is 14.9. The van der Waals surface area contributed by atoms with Gasteiger partial charge in [0.2, 0.25) is 23.7 Å². The van der Waals surface area contributed by atoms with E-state index >= 15 is 0 Å². The second-order valence-electron chi connectivity index (χ2n) is 12.0. The summed E-state index contributed by atoms with van der Waals surface area (Å²) in [7, 11) is 0. The summed E-state index contributed by atoms with van der Waals surface area (Å²) < 4.78 is 0. The maximum Gasteiger partial charge on any atom is 0.255 e. The summed E-state index contributed by atoms with van der Waals surface area (Å²) in [6.07, 6.45) is 7.24. The fraction of sp³-hybridized carbons (Fsp3) is 0.270. The van der Waals surface area contributed by atoms with Crippen molar-refractivity contribution in [1.29, 1.82) is 0 Å². The Bertz CT molecular complexity index is 1800. The molecule has 1 unspecified atom stereocenters. The molecule has 4 aromatic rings. The van der Waals surface area contributed by atoms with Gasteiger partial charge in [-0.2, -0.15) is 0 Å². The number of fused-ring (bicyclic) bond motifs is 1.